The highest BCUT2D eigenvalue weighted by molar-refractivity contribution is 9.10. The molecule has 1 aliphatic carbocycles. The summed E-state index contributed by atoms with van der Waals surface area (Å²) in [5, 5.41) is 9.74. The van der Waals surface area contributed by atoms with Gasteiger partial charge in [0.05, 0.1) is 4.32 Å². The van der Waals surface area contributed by atoms with E-state index >= 15 is 0 Å². The lowest BCUT2D eigenvalue weighted by Gasteiger charge is -2.34. The minimum atomic E-state index is -1.68. The van der Waals surface area contributed by atoms with Crippen LogP contribution in [0.4, 0.5) is 0 Å². The van der Waals surface area contributed by atoms with Crippen molar-refractivity contribution in [2.45, 2.75) is 20.6 Å². The molecule has 0 fully saturated rings. The Kier molecular flexibility index (Phi) is 3.75. The van der Waals surface area contributed by atoms with Crippen LogP contribution in [0.5, 0.6) is 0 Å². The minimum absolute atomic E-state index is 0.596. The van der Waals surface area contributed by atoms with Crippen molar-refractivity contribution in [2.75, 3.05) is 0 Å². The molecular formula is C8H8BrCl3O. The van der Waals surface area contributed by atoms with Crippen LogP contribution in [0.25, 0.3) is 0 Å². The van der Waals surface area contributed by atoms with E-state index in [4.69, 9.17) is 34.8 Å². The highest BCUT2D eigenvalue weighted by atomic mass is 79.9. The van der Waals surface area contributed by atoms with Crippen molar-refractivity contribution in [3.8, 4) is 0 Å². The number of hydrogen-bond donors (Lipinski definition) is 1. The first-order valence-corrected chi connectivity index (χ1v) is 5.57. The zero-order valence-electron chi connectivity index (χ0n) is 6.55. The number of halogens is 4. The molecule has 1 nitrogen and oxygen atoms in total. The van der Waals surface area contributed by atoms with Crippen LogP contribution in [0.15, 0.2) is 24.3 Å². The molecule has 0 heterocycles. The summed E-state index contributed by atoms with van der Waals surface area (Å²) in [5.74, 6) is 0. The Labute approximate surface area is 100 Å². The quantitative estimate of drug-likeness (QED) is 0.737. The second kappa shape index (κ2) is 4.11. The maximum absolute atomic E-state index is 9.74. The summed E-state index contributed by atoms with van der Waals surface area (Å²) in [6, 6.07) is 0. The number of hydrogen-bond acceptors (Lipinski definition) is 1. The van der Waals surface area contributed by atoms with Crippen LogP contribution in [0.2, 0.25) is 0 Å². The summed E-state index contributed by atoms with van der Waals surface area (Å²) in [5.41, 5.74) is 0. The fourth-order valence-corrected chi connectivity index (χ4v) is 2.75. The molecule has 5 heteroatoms. The second-order valence-corrected chi connectivity index (χ2v) is 6.71. The van der Waals surface area contributed by atoms with Gasteiger partial charge in [0, 0.05) is 0 Å². The van der Waals surface area contributed by atoms with Gasteiger partial charge in [-0.3, -0.25) is 0 Å². The van der Waals surface area contributed by atoms with E-state index in [0.29, 0.717) is 6.42 Å². The van der Waals surface area contributed by atoms with Crippen LogP contribution in [0.3, 0.4) is 0 Å². The molecule has 0 amide bonds. The van der Waals surface area contributed by atoms with Gasteiger partial charge < -0.3 is 5.11 Å². The van der Waals surface area contributed by atoms with Crippen LogP contribution in [0.1, 0.15) is 6.42 Å². The normalized spacial score (nSPS) is 30.5. The van der Waals surface area contributed by atoms with E-state index in [2.05, 4.69) is 15.9 Å². The molecule has 1 aliphatic rings. The first-order valence-electron chi connectivity index (χ1n) is 3.64. The molecule has 0 aromatic carbocycles. The van der Waals surface area contributed by atoms with E-state index in [1.165, 1.54) is 0 Å². The van der Waals surface area contributed by atoms with Crippen LogP contribution >= 0.6 is 50.7 Å². The summed E-state index contributed by atoms with van der Waals surface area (Å²) >= 11 is 20.2. The van der Waals surface area contributed by atoms with Crippen molar-refractivity contribution in [2.24, 2.45) is 0 Å². The third-order valence-electron chi connectivity index (χ3n) is 1.82. The maximum Gasteiger partial charge on any atom is 0.217 e. The standard InChI is InChI=1S/C8H8BrCl3O/c9-7(4-2-1-3-5-7)6(13)8(10,11)12/h1-4,6,13H,5H2. The number of allylic oxidation sites excluding steroid dienone is 3. The molecule has 0 saturated carbocycles. The van der Waals surface area contributed by atoms with Crippen LogP contribution in [0, 0.1) is 0 Å². The fraction of sp³-hybridized carbons (Fsp3) is 0.500. The Morgan fingerprint density at radius 3 is 2.38 bits per heavy atom. The molecule has 0 saturated heterocycles. The van der Waals surface area contributed by atoms with E-state index in [1.807, 2.05) is 12.2 Å². The monoisotopic (exact) mass is 304 g/mol. The van der Waals surface area contributed by atoms with Crippen molar-refractivity contribution >= 4 is 50.7 Å². The first kappa shape index (κ1) is 11.9. The van der Waals surface area contributed by atoms with Crippen LogP contribution in [-0.2, 0) is 0 Å². The van der Waals surface area contributed by atoms with Crippen molar-refractivity contribution in [3.63, 3.8) is 0 Å². The summed E-state index contributed by atoms with van der Waals surface area (Å²) in [6.45, 7) is 0. The molecule has 1 rings (SSSR count). The molecule has 0 radical (unpaired) electrons. The molecule has 2 atom stereocenters. The SMILES string of the molecule is OC(C(Cl)(Cl)Cl)C1(Br)C=CC=CC1. The number of aliphatic hydroxyl groups excluding tert-OH is 1. The highest BCUT2D eigenvalue weighted by Gasteiger charge is 2.44. The van der Waals surface area contributed by atoms with E-state index in [9.17, 15) is 5.11 Å². The summed E-state index contributed by atoms with van der Waals surface area (Å²) in [4.78, 5) is 0. The van der Waals surface area contributed by atoms with Crippen LogP contribution < -0.4 is 0 Å². The molecule has 0 aromatic rings. The predicted octanol–water partition coefficient (Wildman–Crippen LogP) is 3.37. The van der Waals surface area contributed by atoms with Gasteiger partial charge in [-0.05, 0) is 6.42 Å². The van der Waals surface area contributed by atoms with Crippen LogP contribution in [-0.4, -0.2) is 19.3 Å². The zero-order chi connectivity index (χ0) is 10.1. The van der Waals surface area contributed by atoms with Gasteiger partial charge in [-0.25, -0.2) is 0 Å². The molecule has 1 N–H and O–H groups in total. The van der Waals surface area contributed by atoms with Crippen molar-refractivity contribution in [1.82, 2.24) is 0 Å². The molecule has 74 valence electrons. The number of aliphatic hydroxyl groups is 1. The first-order chi connectivity index (χ1) is 5.86. The Morgan fingerprint density at radius 1 is 1.38 bits per heavy atom. The molecule has 13 heavy (non-hydrogen) atoms. The fourth-order valence-electron chi connectivity index (χ4n) is 1.09. The van der Waals surface area contributed by atoms with E-state index in [-0.39, 0.29) is 0 Å². The van der Waals surface area contributed by atoms with Crippen molar-refractivity contribution < 1.29 is 5.11 Å². The van der Waals surface area contributed by atoms with Gasteiger partial charge in [0.2, 0.25) is 3.79 Å². The van der Waals surface area contributed by atoms with Gasteiger partial charge in [0.15, 0.2) is 0 Å². The van der Waals surface area contributed by atoms with Crippen molar-refractivity contribution in [3.05, 3.63) is 24.3 Å². The molecule has 2 unspecified atom stereocenters. The average Bonchev–Trinajstić information content (AvgIpc) is 2.03. The predicted molar refractivity (Wildman–Crippen MR) is 60.9 cm³/mol. The average molecular weight is 306 g/mol. The molecule has 0 aliphatic heterocycles. The zero-order valence-corrected chi connectivity index (χ0v) is 10.4. The molecule has 0 aromatic heterocycles. The lowest BCUT2D eigenvalue weighted by molar-refractivity contribution is 0.153. The highest BCUT2D eigenvalue weighted by Crippen LogP contribution is 2.43. The molecular weight excluding hydrogens is 298 g/mol. The third-order valence-corrected chi connectivity index (χ3v) is 3.46. The lowest BCUT2D eigenvalue weighted by atomic mass is 9.95. The smallest absolute Gasteiger partial charge is 0.217 e. The van der Waals surface area contributed by atoms with E-state index in [0.717, 1.165) is 0 Å². The summed E-state index contributed by atoms with van der Waals surface area (Å²) in [7, 11) is 0. The largest absolute Gasteiger partial charge is 0.387 e. The van der Waals surface area contributed by atoms with Crippen molar-refractivity contribution in [1.29, 1.82) is 0 Å². The minimum Gasteiger partial charge on any atom is -0.387 e. The Bertz CT molecular complexity index is 246. The summed E-state index contributed by atoms with van der Waals surface area (Å²) in [6.07, 6.45) is 6.88. The van der Waals surface area contributed by atoms with Gasteiger partial charge >= 0.3 is 0 Å². The number of alkyl halides is 4. The second-order valence-electron chi connectivity index (χ2n) is 2.86. The van der Waals surface area contributed by atoms with E-state index < -0.39 is 14.2 Å². The molecule has 0 bridgehead atoms. The third kappa shape index (κ3) is 2.87. The van der Waals surface area contributed by atoms with Gasteiger partial charge in [-0.2, -0.15) is 0 Å². The van der Waals surface area contributed by atoms with Gasteiger partial charge in [-0.1, -0.05) is 75.0 Å². The topological polar surface area (TPSA) is 20.2 Å². The Hall–Kier alpha value is 0.790. The Morgan fingerprint density at radius 2 is 2.00 bits per heavy atom. The molecule has 0 spiro atoms. The summed E-state index contributed by atoms with van der Waals surface area (Å²) < 4.78 is -2.36. The van der Waals surface area contributed by atoms with Gasteiger partial charge in [0.25, 0.3) is 0 Å². The van der Waals surface area contributed by atoms with Gasteiger partial charge in [0.1, 0.15) is 6.10 Å². The Balaban J connectivity index is 2.81. The maximum atomic E-state index is 9.74. The lowest BCUT2D eigenvalue weighted by Crippen LogP contribution is -2.43. The van der Waals surface area contributed by atoms with Gasteiger partial charge in [-0.15, -0.1) is 0 Å². The van der Waals surface area contributed by atoms with E-state index in [1.54, 1.807) is 12.2 Å². The number of rotatable bonds is 1.